The fourth-order valence-corrected chi connectivity index (χ4v) is 7.46. The van der Waals surface area contributed by atoms with Crippen LogP contribution >= 0.6 is 0 Å². The maximum Gasteiger partial charge on any atom is 0.0702 e. The molecule has 4 heterocycles. The van der Waals surface area contributed by atoms with Crippen molar-refractivity contribution >= 4 is 54.5 Å². The quantitative estimate of drug-likeness (QED) is 0.197. The van der Waals surface area contributed by atoms with E-state index >= 15 is 0 Å². The van der Waals surface area contributed by atoms with Crippen molar-refractivity contribution in [1.29, 1.82) is 0 Å². The van der Waals surface area contributed by atoms with Gasteiger partial charge in [0, 0.05) is 62.0 Å². The van der Waals surface area contributed by atoms with Crippen molar-refractivity contribution in [3.8, 4) is 28.3 Å². The van der Waals surface area contributed by atoms with Crippen LogP contribution in [0.25, 0.3) is 82.8 Å². The molecule has 0 spiro atoms. The van der Waals surface area contributed by atoms with Crippen LogP contribution in [0, 0.1) is 0 Å². The molecule has 0 saturated heterocycles. The van der Waals surface area contributed by atoms with Gasteiger partial charge in [0.2, 0.25) is 0 Å². The highest BCUT2D eigenvalue weighted by Gasteiger charge is 2.22. The summed E-state index contributed by atoms with van der Waals surface area (Å²) in [4.78, 5) is 4.66. The summed E-state index contributed by atoms with van der Waals surface area (Å²) in [5, 5.41) is 6.17. The SMILES string of the molecule is c1ccc(-n2ccc3cc4c5c(ccc6c7ccccc7n(-c7cccc(-c8ccccn8)c7)c65)n(-c5ccccc5)c4cc32)cc1. The van der Waals surface area contributed by atoms with Gasteiger partial charge in [-0.05, 0) is 78.9 Å². The molecular weight excluding hydrogens is 573 g/mol. The fourth-order valence-electron chi connectivity index (χ4n) is 7.46. The standard InChI is InChI=1S/C43H28N4/c1-3-13-31(14-4-1)45-25-23-30-27-36-41(28-40(30)45)46(32-15-5-2-6-16-32)39-22-21-35-34-18-7-8-20-38(34)47(43(35)42(36)39)33-17-11-12-29(26-33)37-19-9-10-24-44-37/h1-28H. The minimum Gasteiger partial charge on any atom is -0.316 e. The summed E-state index contributed by atoms with van der Waals surface area (Å²) in [5.41, 5.74) is 11.4. The van der Waals surface area contributed by atoms with Gasteiger partial charge in [-0.2, -0.15) is 0 Å². The van der Waals surface area contributed by atoms with Gasteiger partial charge < -0.3 is 13.7 Å². The number of hydrogen-bond acceptors (Lipinski definition) is 1. The number of aromatic nitrogens is 4. The molecule has 0 aliphatic carbocycles. The second kappa shape index (κ2) is 10.1. The van der Waals surface area contributed by atoms with Crippen molar-refractivity contribution in [2.24, 2.45) is 0 Å². The van der Waals surface area contributed by atoms with Gasteiger partial charge in [-0.3, -0.25) is 4.98 Å². The minimum absolute atomic E-state index is 0.964. The fraction of sp³-hybridized carbons (Fsp3) is 0. The lowest BCUT2D eigenvalue weighted by Crippen LogP contribution is -1.96. The zero-order valence-electron chi connectivity index (χ0n) is 25.5. The second-order valence-corrected chi connectivity index (χ2v) is 12.1. The molecule has 4 heteroatoms. The number of para-hydroxylation sites is 3. The molecule has 0 bridgehead atoms. The Bertz CT molecular complexity index is 2770. The number of rotatable bonds is 4. The van der Waals surface area contributed by atoms with Crippen molar-refractivity contribution in [1.82, 2.24) is 18.7 Å². The molecule has 0 unspecified atom stereocenters. The zero-order chi connectivity index (χ0) is 30.9. The zero-order valence-corrected chi connectivity index (χ0v) is 25.5. The summed E-state index contributed by atoms with van der Waals surface area (Å²) in [6.07, 6.45) is 4.04. The van der Waals surface area contributed by atoms with Crippen LogP contribution in [0.15, 0.2) is 170 Å². The van der Waals surface area contributed by atoms with Crippen molar-refractivity contribution in [2.75, 3.05) is 0 Å². The summed E-state index contributed by atoms with van der Waals surface area (Å²) in [6, 6.07) is 56.5. The first-order chi connectivity index (χ1) is 23.3. The van der Waals surface area contributed by atoms with Gasteiger partial charge in [-0.1, -0.05) is 78.9 Å². The molecule has 0 saturated carbocycles. The predicted molar refractivity (Wildman–Crippen MR) is 195 cm³/mol. The number of pyridine rings is 1. The Morgan fingerprint density at radius 3 is 2.02 bits per heavy atom. The van der Waals surface area contributed by atoms with Crippen molar-refractivity contribution in [3.63, 3.8) is 0 Å². The molecule has 6 aromatic carbocycles. The molecule has 0 atom stereocenters. The molecule has 0 N–H and O–H groups in total. The monoisotopic (exact) mass is 600 g/mol. The van der Waals surface area contributed by atoms with Crippen molar-refractivity contribution < 1.29 is 0 Å². The Morgan fingerprint density at radius 1 is 0.426 bits per heavy atom. The maximum atomic E-state index is 4.66. The van der Waals surface area contributed by atoms with Crippen LogP contribution in [0.4, 0.5) is 0 Å². The lowest BCUT2D eigenvalue weighted by atomic mass is 10.1. The third-order valence-corrected chi connectivity index (χ3v) is 9.49. The summed E-state index contributed by atoms with van der Waals surface area (Å²) in [6.45, 7) is 0. The first-order valence-electron chi connectivity index (χ1n) is 16.0. The Kier molecular flexibility index (Phi) is 5.54. The average molecular weight is 601 g/mol. The van der Waals surface area contributed by atoms with Gasteiger partial charge in [0.05, 0.1) is 33.3 Å². The van der Waals surface area contributed by atoms with Crippen LogP contribution in [0.5, 0.6) is 0 Å². The van der Waals surface area contributed by atoms with Gasteiger partial charge >= 0.3 is 0 Å². The van der Waals surface area contributed by atoms with Crippen LogP contribution in [0.3, 0.4) is 0 Å². The summed E-state index contributed by atoms with van der Waals surface area (Å²) >= 11 is 0. The van der Waals surface area contributed by atoms with Gasteiger partial charge in [0.25, 0.3) is 0 Å². The maximum absolute atomic E-state index is 4.66. The van der Waals surface area contributed by atoms with E-state index in [1.165, 1.54) is 54.5 Å². The van der Waals surface area contributed by atoms with E-state index in [9.17, 15) is 0 Å². The number of benzene rings is 6. The van der Waals surface area contributed by atoms with Gasteiger partial charge in [-0.15, -0.1) is 0 Å². The van der Waals surface area contributed by atoms with E-state index in [-0.39, 0.29) is 0 Å². The molecule has 220 valence electrons. The molecule has 0 aliphatic heterocycles. The Labute approximate surface area is 271 Å². The van der Waals surface area contributed by atoms with E-state index in [0.717, 1.165) is 28.3 Å². The first kappa shape index (κ1) is 25.9. The van der Waals surface area contributed by atoms with E-state index in [1.807, 2.05) is 18.3 Å². The van der Waals surface area contributed by atoms with Gasteiger partial charge in [0.1, 0.15) is 0 Å². The van der Waals surface area contributed by atoms with Gasteiger partial charge in [0.15, 0.2) is 0 Å². The molecule has 4 nitrogen and oxygen atoms in total. The van der Waals surface area contributed by atoms with Crippen LogP contribution in [-0.2, 0) is 0 Å². The van der Waals surface area contributed by atoms with Crippen LogP contribution in [-0.4, -0.2) is 18.7 Å². The summed E-state index contributed by atoms with van der Waals surface area (Å²) in [5.74, 6) is 0. The second-order valence-electron chi connectivity index (χ2n) is 12.1. The average Bonchev–Trinajstić information content (AvgIpc) is 3.81. The third kappa shape index (κ3) is 3.85. The summed E-state index contributed by atoms with van der Waals surface area (Å²) in [7, 11) is 0. The van der Waals surface area contributed by atoms with Crippen LogP contribution in [0.1, 0.15) is 0 Å². The number of nitrogens with zero attached hydrogens (tertiary/aromatic N) is 4. The van der Waals surface area contributed by atoms with E-state index in [1.54, 1.807) is 0 Å². The summed E-state index contributed by atoms with van der Waals surface area (Å²) < 4.78 is 7.17. The predicted octanol–water partition coefficient (Wildman–Crippen LogP) is 10.9. The number of hydrogen-bond donors (Lipinski definition) is 0. The Morgan fingerprint density at radius 2 is 1.19 bits per heavy atom. The smallest absolute Gasteiger partial charge is 0.0702 e. The lowest BCUT2D eigenvalue weighted by Gasteiger charge is -2.11. The molecule has 47 heavy (non-hydrogen) atoms. The normalized spacial score (nSPS) is 11.8. The molecule has 0 aliphatic rings. The van der Waals surface area contributed by atoms with Gasteiger partial charge in [-0.25, -0.2) is 0 Å². The molecule has 0 radical (unpaired) electrons. The third-order valence-electron chi connectivity index (χ3n) is 9.49. The van der Waals surface area contributed by atoms with Crippen molar-refractivity contribution in [3.05, 3.63) is 170 Å². The largest absolute Gasteiger partial charge is 0.316 e. The molecule has 10 rings (SSSR count). The van der Waals surface area contributed by atoms with E-state index in [2.05, 4.69) is 170 Å². The highest BCUT2D eigenvalue weighted by atomic mass is 15.0. The molecule has 10 aromatic rings. The van der Waals surface area contributed by atoms with E-state index in [4.69, 9.17) is 0 Å². The molecule has 0 amide bonds. The topological polar surface area (TPSA) is 27.7 Å². The highest BCUT2D eigenvalue weighted by molar-refractivity contribution is 6.27. The lowest BCUT2D eigenvalue weighted by molar-refractivity contribution is 1.12. The molecule has 0 fully saturated rings. The first-order valence-corrected chi connectivity index (χ1v) is 16.0. The van der Waals surface area contributed by atoms with Crippen LogP contribution < -0.4 is 0 Å². The van der Waals surface area contributed by atoms with E-state index < -0.39 is 0 Å². The Hall–Kier alpha value is -6.39. The number of fused-ring (bicyclic) bond motifs is 8. The molecular formula is C43H28N4. The minimum atomic E-state index is 0.964. The van der Waals surface area contributed by atoms with Crippen LogP contribution in [0.2, 0.25) is 0 Å². The van der Waals surface area contributed by atoms with E-state index in [0.29, 0.717) is 0 Å². The highest BCUT2D eigenvalue weighted by Crippen LogP contribution is 2.43. The van der Waals surface area contributed by atoms with Crippen molar-refractivity contribution in [2.45, 2.75) is 0 Å². The Balaban J connectivity index is 1.37. The molecule has 4 aromatic heterocycles.